The summed E-state index contributed by atoms with van der Waals surface area (Å²) in [7, 11) is 0. The molecule has 3 nitrogen and oxygen atoms in total. The summed E-state index contributed by atoms with van der Waals surface area (Å²) in [6, 6.07) is 0. The molecule has 0 saturated heterocycles. The second-order valence-electron chi connectivity index (χ2n) is 1.51. The summed E-state index contributed by atoms with van der Waals surface area (Å²) in [5, 5.41) is 0. The van der Waals surface area contributed by atoms with Gasteiger partial charge in [-0.25, -0.2) is 4.79 Å². The number of hydrogen-bond acceptors (Lipinski definition) is 3. The minimum atomic E-state index is -0.386. The Kier molecular flexibility index (Phi) is 4.82. The fraction of sp³-hybridized carbons (Fsp3) is 0.500. The van der Waals surface area contributed by atoms with Gasteiger partial charge in [0.25, 0.3) is 0 Å². The van der Waals surface area contributed by atoms with Crippen LogP contribution in [0.15, 0.2) is 12.7 Å². The quantitative estimate of drug-likeness (QED) is 0.332. The van der Waals surface area contributed by atoms with Crippen molar-refractivity contribution in [3.63, 3.8) is 0 Å². The highest BCUT2D eigenvalue weighted by Crippen LogP contribution is 1.81. The van der Waals surface area contributed by atoms with Crippen molar-refractivity contribution in [1.82, 2.24) is 0 Å². The highest BCUT2D eigenvalue weighted by atomic mass is 16.5. The molecule has 0 aliphatic carbocycles. The molecule has 0 rings (SSSR count). The molecule has 0 aromatic heterocycles. The van der Waals surface area contributed by atoms with Crippen molar-refractivity contribution < 1.29 is 9.53 Å². The second-order valence-corrected chi connectivity index (χ2v) is 1.51. The van der Waals surface area contributed by atoms with Crippen LogP contribution in [0.4, 0.5) is 0 Å². The van der Waals surface area contributed by atoms with E-state index in [9.17, 15) is 4.79 Å². The summed E-state index contributed by atoms with van der Waals surface area (Å²) in [6.45, 7) is 4.17. The van der Waals surface area contributed by atoms with Crippen LogP contribution >= 0.6 is 0 Å². The highest BCUT2D eigenvalue weighted by molar-refractivity contribution is 5.81. The molecule has 0 spiro atoms. The third-order valence-corrected chi connectivity index (χ3v) is 0.759. The summed E-state index contributed by atoms with van der Waals surface area (Å²) in [5.41, 5.74) is 5.14. The molecule has 52 valence electrons. The van der Waals surface area contributed by atoms with Crippen LogP contribution in [-0.4, -0.2) is 19.1 Å². The van der Waals surface area contributed by atoms with Crippen molar-refractivity contribution in [3.05, 3.63) is 12.7 Å². The molecule has 0 radical (unpaired) electrons. The average Bonchev–Trinajstić information content (AvgIpc) is 1.89. The fourth-order valence-electron chi connectivity index (χ4n) is 0.315. The van der Waals surface area contributed by atoms with Gasteiger partial charge in [0.15, 0.2) is 0 Å². The van der Waals surface area contributed by atoms with Gasteiger partial charge in [0.05, 0.1) is 6.61 Å². The number of rotatable bonds is 4. The SMILES string of the molecule is C=CC(=O)OCCCN. The van der Waals surface area contributed by atoms with Crippen LogP contribution < -0.4 is 5.73 Å². The Balaban J connectivity index is 3.07. The molecule has 0 aromatic carbocycles. The van der Waals surface area contributed by atoms with Crippen LogP contribution in [-0.2, 0) is 9.53 Å². The molecule has 0 unspecified atom stereocenters. The zero-order valence-electron chi connectivity index (χ0n) is 5.30. The summed E-state index contributed by atoms with van der Waals surface area (Å²) < 4.78 is 4.59. The Labute approximate surface area is 54.5 Å². The maximum Gasteiger partial charge on any atom is 0.330 e. The largest absolute Gasteiger partial charge is 0.462 e. The molecule has 0 amide bonds. The molecule has 3 heteroatoms. The van der Waals surface area contributed by atoms with Crippen LogP contribution in [0.1, 0.15) is 6.42 Å². The first-order chi connectivity index (χ1) is 4.31. The van der Waals surface area contributed by atoms with Crippen LogP contribution in [0, 0.1) is 0 Å². The first-order valence-electron chi connectivity index (χ1n) is 2.80. The topological polar surface area (TPSA) is 52.3 Å². The minimum Gasteiger partial charge on any atom is -0.462 e. The van der Waals surface area contributed by atoms with E-state index < -0.39 is 0 Å². The normalized spacial score (nSPS) is 8.56. The standard InChI is InChI=1S/C6H11NO2/c1-2-6(8)9-5-3-4-7/h2H,1,3-5,7H2. The Bertz CT molecular complexity index is 101. The third-order valence-electron chi connectivity index (χ3n) is 0.759. The highest BCUT2D eigenvalue weighted by Gasteiger charge is 1.91. The maximum absolute atomic E-state index is 10.3. The molecule has 0 aromatic rings. The van der Waals surface area contributed by atoms with Gasteiger partial charge in [0.2, 0.25) is 0 Å². The van der Waals surface area contributed by atoms with E-state index in [0.717, 1.165) is 6.08 Å². The van der Waals surface area contributed by atoms with E-state index in [-0.39, 0.29) is 5.97 Å². The van der Waals surface area contributed by atoms with Crippen LogP contribution in [0.25, 0.3) is 0 Å². The van der Waals surface area contributed by atoms with Crippen molar-refractivity contribution in [2.75, 3.05) is 13.2 Å². The van der Waals surface area contributed by atoms with Gasteiger partial charge in [0, 0.05) is 6.08 Å². The summed E-state index contributed by atoms with van der Waals surface area (Å²) in [5.74, 6) is -0.386. The molecular formula is C6H11NO2. The molecule has 0 bridgehead atoms. The lowest BCUT2D eigenvalue weighted by Gasteiger charge is -1.97. The first-order valence-corrected chi connectivity index (χ1v) is 2.80. The van der Waals surface area contributed by atoms with Gasteiger partial charge < -0.3 is 10.5 Å². The molecule has 0 heterocycles. The molecular weight excluding hydrogens is 118 g/mol. The maximum atomic E-state index is 10.3. The van der Waals surface area contributed by atoms with E-state index in [1.807, 2.05) is 0 Å². The van der Waals surface area contributed by atoms with Crippen molar-refractivity contribution in [2.24, 2.45) is 5.73 Å². The Morgan fingerprint density at radius 2 is 2.44 bits per heavy atom. The molecule has 0 aliphatic heterocycles. The predicted molar refractivity (Wildman–Crippen MR) is 34.8 cm³/mol. The second kappa shape index (κ2) is 5.31. The van der Waals surface area contributed by atoms with Gasteiger partial charge in [-0.1, -0.05) is 6.58 Å². The molecule has 0 saturated carbocycles. The molecule has 9 heavy (non-hydrogen) atoms. The summed E-state index contributed by atoms with van der Waals surface area (Å²) in [4.78, 5) is 10.3. The lowest BCUT2D eigenvalue weighted by molar-refractivity contribution is -0.137. The molecule has 2 N–H and O–H groups in total. The van der Waals surface area contributed by atoms with Gasteiger partial charge in [-0.05, 0) is 13.0 Å². The first kappa shape index (κ1) is 8.17. The Hall–Kier alpha value is -0.830. The van der Waals surface area contributed by atoms with E-state index in [4.69, 9.17) is 5.73 Å². The summed E-state index contributed by atoms with van der Waals surface area (Å²) >= 11 is 0. The van der Waals surface area contributed by atoms with Gasteiger partial charge >= 0.3 is 5.97 Å². The monoisotopic (exact) mass is 129 g/mol. The number of carbonyl (C=O) groups is 1. The van der Waals surface area contributed by atoms with Crippen LogP contribution in [0.3, 0.4) is 0 Å². The molecule has 0 fully saturated rings. The molecule has 0 atom stereocenters. The van der Waals surface area contributed by atoms with Crippen LogP contribution in [0.2, 0.25) is 0 Å². The van der Waals surface area contributed by atoms with Gasteiger partial charge in [-0.15, -0.1) is 0 Å². The third kappa shape index (κ3) is 5.03. The zero-order chi connectivity index (χ0) is 7.11. The number of esters is 1. The van der Waals surface area contributed by atoms with E-state index in [2.05, 4.69) is 11.3 Å². The van der Waals surface area contributed by atoms with Gasteiger partial charge in [0.1, 0.15) is 0 Å². The van der Waals surface area contributed by atoms with E-state index in [0.29, 0.717) is 19.6 Å². The van der Waals surface area contributed by atoms with Crippen molar-refractivity contribution in [3.8, 4) is 0 Å². The zero-order valence-corrected chi connectivity index (χ0v) is 5.30. The van der Waals surface area contributed by atoms with E-state index >= 15 is 0 Å². The van der Waals surface area contributed by atoms with E-state index in [1.54, 1.807) is 0 Å². The Morgan fingerprint density at radius 3 is 2.89 bits per heavy atom. The van der Waals surface area contributed by atoms with Gasteiger partial charge in [-0.2, -0.15) is 0 Å². The average molecular weight is 129 g/mol. The summed E-state index contributed by atoms with van der Waals surface area (Å²) in [6.07, 6.45) is 1.84. The molecule has 0 aliphatic rings. The number of ether oxygens (including phenoxy) is 1. The minimum absolute atomic E-state index is 0.386. The lowest BCUT2D eigenvalue weighted by atomic mass is 10.5. The fourth-order valence-corrected chi connectivity index (χ4v) is 0.315. The van der Waals surface area contributed by atoms with Crippen molar-refractivity contribution in [1.29, 1.82) is 0 Å². The number of hydrogen-bond donors (Lipinski definition) is 1. The Morgan fingerprint density at radius 1 is 1.78 bits per heavy atom. The van der Waals surface area contributed by atoms with E-state index in [1.165, 1.54) is 0 Å². The van der Waals surface area contributed by atoms with Gasteiger partial charge in [-0.3, -0.25) is 0 Å². The number of nitrogens with two attached hydrogens (primary N) is 1. The van der Waals surface area contributed by atoms with Crippen molar-refractivity contribution in [2.45, 2.75) is 6.42 Å². The van der Waals surface area contributed by atoms with Crippen molar-refractivity contribution >= 4 is 5.97 Å². The number of carbonyl (C=O) groups excluding carboxylic acids is 1. The predicted octanol–water partition coefficient (Wildman–Crippen LogP) is 0.0644. The van der Waals surface area contributed by atoms with Crippen LogP contribution in [0.5, 0.6) is 0 Å². The lowest BCUT2D eigenvalue weighted by Crippen LogP contribution is -2.07. The smallest absolute Gasteiger partial charge is 0.330 e.